The highest BCUT2D eigenvalue weighted by atomic mass is 32.2. The average Bonchev–Trinajstić information content (AvgIpc) is 2.74. The van der Waals surface area contributed by atoms with Gasteiger partial charge in [0.2, 0.25) is 0 Å². The molecular weight excluding hydrogens is 194 g/mol. The van der Waals surface area contributed by atoms with Gasteiger partial charge in [-0.25, -0.2) is 4.98 Å². The maximum absolute atomic E-state index is 4.37. The van der Waals surface area contributed by atoms with Crippen LogP contribution < -0.4 is 5.32 Å². The summed E-state index contributed by atoms with van der Waals surface area (Å²) in [7, 11) is 1.95. The third-order valence-electron chi connectivity index (χ3n) is 2.61. The van der Waals surface area contributed by atoms with E-state index in [2.05, 4.69) is 39.8 Å². The van der Waals surface area contributed by atoms with Gasteiger partial charge in [0.05, 0.1) is 12.0 Å². The third-order valence-corrected chi connectivity index (χ3v) is 3.95. The zero-order chi connectivity index (χ0) is 9.97. The van der Waals surface area contributed by atoms with Gasteiger partial charge in [0.15, 0.2) is 0 Å². The van der Waals surface area contributed by atoms with Crippen LogP contribution in [0, 0.1) is 0 Å². The van der Waals surface area contributed by atoms with Crippen LogP contribution in [0.25, 0.3) is 0 Å². The molecule has 78 valence electrons. The van der Waals surface area contributed by atoms with Crippen LogP contribution in [0.1, 0.15) is 25.1 Å². The lowest BCUT2D eigenvalue weighted by Gasteiger charge is -2.09. The minimum atomic E-state index is 0.660. The molecule has 2 atom stereocenters. The first-order chi connectivity index (χ1) is 6.79. The van der Waals surface area contributed by atoms with Gasteiger partial charge in [-0.3, -0.25) is 0 Å². The van der Waals surface area contributed by atoms with Crippen molar-refractivity contribution in [2.75, 3.05) is 12.8 Å². The van der Waals surface area contributed by atoms with Crippen molar-refractivity contribution >= 4 is 11.8 Å². The van der Waals surface area contributed by atoms with Crippen molar-refractivity contribution in [3.05, 3.63) is 18.2 Å². The Morgan fingerprint density at radius 2 is 2.57 bits per heavy atom. The molecule has 1 N–H and O–H groups in total. The van der Waals surface area contributed by atoms with E-state index >= 15 is 0 Å². The van der Waals surface area contributed by atoms with Gasteiger partial charge >= 0.3 is 0 Å². The van der Waals surface area contributed by atoms with E-state index in [4.69, 9.17) is 0 Å². The Morgan fingerprint density at radius 1 is 1.71 bits per heavy atom. The van der Waals surface area contributed by atoms with E-state index in [9.17, 15) is 0 Å². The normalized spacial score (nSPS) is 27.0. The fraction of sp³-hybridized carbons (Fsp3) is 0.700. The number of nitrogens with zero attached hydrogens (tertiary/aromatic N) is 2. The second kappa shape index (κ2) is 4.36. The summed E-state index contributed by atoms with van der Waals surface area (Å²) in [5.74, 6) is 1.23. The largest absolute Gasteiger partial charge is 0.333 e. The topological polar surface area (TPSA) is 29.9 Å². The highest BCUT2D eigenvalue weighted by molar-refractivity contribution is 8.00. The molecular formula is C10H17N3S. The van der Waals surface area contributed by atoms with E-state index in [0.717, 1.165) is 17.5 Å². The SMILES string of the molecule is CNCc1cn(C2CSC(C)C2)cn1. The fourth-order valence-corrected chi connectivity index (χ4v) is 3.07. The second-order valence-electron chi connectivity index (χ2n) is 3.88. The molecule has 0 aromatic carbocycles. The first-order valence-corrected chi connectivity index (χ1v) is 6.13. The zero-order valence-electron chi connectivity index (χ0n) is 8.73. The summed E-state index contributed by atoms with van der Waals surface area (Å²) in [6.07, 6.45) is 5.41. The van der Waals surface area contributed by atoms with Crippen LogP contribution in [0.3, 0.4) is 0 Å². The molecule has 0 radical (unpaired) electrons. The summed E-state index contributed by atoms with van der Waals surface area (Å²) < 4.78 is 2.27. The number of hydrogen-bond donors (Lipinski definition) is 1. The third kappa shape index (κ3) is 2.12. The quantitative estimate of drug-likeness (QED) is 0.825. The summed E-state index contributed by atoms with van der Waals surface area (Å²) in [4.78, 5) is 4.37. The van der Waals surface area contributed by atoms with Crippen LogP contribution in [0.5, 0.6) is 0 Å². The zero-order valence-corrected chi connectivity index (χ0v) is 9.55. The minimum Gasteiger partial charge on any atom is -0.333 e. The van der Waals surface area contributed by atoms with Crippen LogP contribution in [-0.4, -0.2) is 27.6 Å². The minimum absolute atomic E-state index is 0.660. The smallest absolute Gasteiger partial charge is 0.0952 e. The van der Waals surface area contributed by atoms with Crippen LogP contribution >= 0.6 is 11.8 Å². The first-order valence-electron chi connectivity index (χ1n) is 5.08. The summed E-state index contributed by atoms with van der Waals surface area (Å²) in [5.41, 5.74) is 1.14. The number of imidazole rings is 1. The highest BCUT2D eigenvalue weighted by Crippen LogP contribution is 2.34. The summed E-state index contributed by atoms with van der Waals surface area (Å²) in [6.45, 7) is 3.17. The van der Waals surface area contributed by atoms with Crippen LogP contribution in [0.2, 0.25) is 0 Å². The van der Waals surface area contributed by atoms with Crippen molar-refractivity contribution in [2.45, 2.75) is 31.2 Å². The second-order valence-corrected chi connectivity index (χ2v) is 5.35. The van der Waals surface area contributed by atoms with Gasteiger partial charge in [-0.15, -0.1) is 0 Å². The predicted octanol–water partition coefficient (Wildman–Crippen LogP) is 1.67. The molecule has 1 fully saturated rings. The summed E-state index contributed by atoms with van der Waals surface area (Å²) in [5, 5.41) is 3.92. The molecule has 4 heteroatoms. The Labute approximate surface area is 89.3 Å². The number of hydrogen-bond acceptors (Lipinski definition) is 3. The summed E-state index contributed by atoms with van der Waals surface area (Å²) in [6, 6.07) is 0.660. The van der Waals surface area contributed by atoms with Crippen molar-refractivity contribution in [3.8, 4) is 0 Å². The Balaban J connectivity index is 2.02. The standard InChI is InChI=1S/C10H17N3S/c1-8-3-10(6-14-8)13-5-9(4-11-2)12-7-13/h5,7-8,10-11H,3-4,6H2,1-2H3. The molecule has 0 aliphatic carbocycles. The van der Waals surface area contributed by atoms with E-state index in [-0.39, 0.29) is 0 Å². The van der Waals surface area contributed by atoms with Gasteiger partial charge in [0.25, 0.3) is 0 Å². The number of aromatic nitrogens is 2. The van der Waals surface area contributed by atoms with E-state index in [1.54, 1.807) is 0 Å². The Bertz CT molecular complexity index is 297. The highest BCUT2D eigenvalue weighted by Gasteiger charge is 2.23. The van der Waals surface area contributed by atoms with Crippen molar-refractivity contribution in [2.24, 2.45) is 0 Å². The van der Waals surface area contributed by atoms with Gasteiger partial charge in [-0.2, -0.15) is 11.8 Å². The number of rotatable bonds is 3. The molecule has 1 aliphatic heterocycles. The molecule has 0 amide bonds. The van der Waals surface area contributed by atoms with Crippen molar-refractivity contribution in [1.29, 1.82) is 0 Å². The van der Waals surface area contributed by atoms with Crippen molar-refractivity contribution < 1.29 is 0 Å². The van der Waals surface area contributed by atoms with E-state index in [1.165, 1.54) is 12.2 Å². The van der Waals surface area contributed by atoms with Crippen LogP contribution in [0.15, 0.2) is 12.5 Å². The Kier molecular flexibility index (Phi) is 3.13. The van der Waals surface area contributed by atoms with Crippen molar-refractivity contribution in [3.63, 3.8) is 0 Å². The van der Waals surface area contributed by atoms with Gasteiger partial charge in [-0.05, 0) is 13.5 Å². The lowest BCUT2D eigenvalue weighted by Crippen LogP contribution is -2.07. The van der Waals surface area contributed by atoms with Crippen molar-refractivity contribution in [1.82, 2.24) is 14.9 Å². The maximum atomic E-state index is 4.37. The number of nitrogens with one attached hydrogen (secondary N) is 1. The molecule has 0 bridgehead atoms. The van der Waals surface area contributed by atoms with Gasteiger partial charge in [-0.1, -0.05) is 6.92 Å². The molecule has 1 saturated heterocycles. The van der Waals surface area contributed by atoms with Gasteiger partial charge < -0.3 is 9.88 Å². The fourth-order valence-electron chi connectivity index (χ4n) is 1.85. The number of thioether (sulfide) groups is 1. The Morgan fingerprint density at radius 3 is 3.21 bits per heavy atom. The molecule has 2 heterocycles. The first kappa shape index (κ1) is 10.1. The summed E-state index contributed by atoms with van der Waals surface area (Å²) >= 11 is 2.06. The molecule has 2 rings (SSSR count). The molecule has 1 aromatic heterocycles. The van der Waals surface area contributed by atoms with E-state index in [0.29, 0.717) is 6.04 Å². The predicted molar refractivity (Wildman–Crippen MR) is 60.6 cm³/mol. The average molecular weight is 211 g/mol. The monoisotopic (exact) mass is 211 g/mol. The van der Waals surface area contributed by atoms with Gasteiger partial charge in [0.1, 0.15) is 0 Å². The van der Waals surface area contributed by atoms with E-state index < -0.39 is 0 Å². The molecule has 1 aromatic rings. The van der Waals surface area contributed by atoms with Crippen LogP contribution in [0.4, 0.5) is 0 Å². The molecule has 2 unspecified atom stereocenters. The van der Waals surface area contributed by atoms with Crippen LogP contribution in [-0.2, 0) is 6.54 Å². The lowest BCUT2D eigenvalue weighted by atomic mass is 10.2. The molecule has 1 aliphatic rings. The molecule has 0 saturated carbocycles. The lowest BCUT2D eigenvalue weighted by molar-refractivity contribution is 0.535. The molecule has 14 heavy (non-hydrogen) atoms. The van der Waals surface area contributed by atoms with Gasteiger partial charge in [0, 0.05) is 29.8 Å². The van der Waals surface area contributed by atoms with E-state index in [1.807, 2.05) is 13.4 Å². The maximum Gasteiger partial charge on any atom is 0.0952 e. The Hall–Kier alpha value is -0.480. The molecule has 0 spiro atoms. The molecule has 3 nitrogen and oxygen atoms in total.